The van der Waals surface area contributed by atoms with Crippen molar-refractivity contribution in [1.29, 1.82) is 0 Å². The molecular weight excluding hydrogens is 312 g/mol. The number of hydrogen-bond acceptors (Lipinski definition) is 7. The van der Waals surface area contributed by atoms with Gasteiger partial charge in [0.05, 0.1) is 45.1 Å². The molecule has 140 valence electrons. The van der Waals surface area contributed by atoms with Gasteiger partial charge < -0.3 is 35.0 Å². The molecule has 0 aliphatic heterocycles. The summed E-state index contributed by atoms with van der Waals surface area (Å²) in [7, 11) is 0. The summed E-state index contributed by atoms with van der Waals surface area (Å²) in [6.07, 6.45) is -1.79. The van der Waals surface area contributed by atoms with Crippen LogP contribution in [0.5, 0.6) is 0 Å². The molecule has 9 nitrogen and oxygen atoms in total. The van der Waals surface area contributed by atoms with Crippen molar-refractivity contribution >= 4 is 11.9 Å². The van der Waals surface area contributed by atoms with Gasteiger partial charge in [-0.3, -0.25) is 4.79 Å². The Bertz CT molecular complexity index is 269. The van der Waals surface area contributed by atoms with Crippen LogP contribution in [0.3, 0.4) is 0 Å². The molecule has 0 spiro atoms. The summed E-state index contributed by atoms with van der Waals surface area (Å²) in [6.45, 7) is 8.86. The fourth-order valence-electron chi connectivity index (χ4n) is 1.03. The van der Waals surface area contributed by atoms with E-state index < -0.39 is 24.5 Å². The summed E-state index contributed by atoms with van der Waals surface area (Å²) in [5.74, 6) is -2.85. The molecule has 0 saturated heterocycles. The molecular formula is C14H30O9. The van der Waals surface area contributed by atoms with Crippen LogP contribution in [-0.4, -0.2) is 82.2 Å². The highest BCUT2D eigenvalue weighted by atomic mass is 16.5. The van der Waals surface area contributed by atoms with E-state index in [1.54, 1.807) is 0 Å². The molecule has 0 aromatic heterocycles. The number of carboxylic acids is 2. The molecule has 0 aromatic rings. The molecule has 0 amide bonds. The zero-order valence-electron chi connectivity index (χ0n) is 14.1. The normalized spacial score (nSPS) is 11.2. The second kappa shape index (κ2) is 18.8. The summed E-state index contributed by atoms with van der Waals surface area (Å²) >= 11 is 0. The number of rotatable bonds is 9. The summed E-state index contributed by atoms with van der Waals surface area (Å²) in [5.41, 5.74) is 0. The number of hydrogen-bond donors (Lipinski definition) is 5. The maximum absolute atomic E-state index is 9.72. The fraction of sp³-hybridized carbons (Fsp3) is 0.857. The SMILES string of the molecule is CC(C)OC(C)C.O=C(O)CC(O)C(=O)O.OCCOCCO. The molecule has 0 aliphatic carbocycles. The molecule has 0 bridgehead atoms. The average Bonchev–Trinajstić information content (AvgIpc) is 2.38. The number of ether oxygens (including phenoxy) is 2. The molecule has 0 rings (SSSR count). The van der Waals surface area contributed by atoms with Crippen LogP contribution in [0.2, 0.25) is 0 Å². The summed E-state index contributed by atoms with van der Waals surface area (Å²) < 4.78 is 9.88. The van der Waals surface area contributed by atoms with Gasteiger partial charge in [0.25, 0.3) is 0 Å². The lowest BCUT2D eigenvalue weighted by atomic mass is 10.3. The molecule has 0 radical (unpaired) electrons. The molecule has 0 fully saturated rings. The van der Waals surface area contributed by atoms with Crippen LogP contribution in [0.4, 0.5) is 0 Å². The van der Waals surface area contributed by atoms with Crippen molar-refractivity contribution in [3.05, 3.63) is 0 Å². The quantitative estimate of drug-likeness (QED) is 0.356. The van der Waals surface area contributed by atoms with E-state index >= 15 is 0 Å². The first-order chi connectivity index (χ1) is 10.6. The Morgan fingerprint density at radius 1 is 0.913 bits per heavy atom. The zero-order valence-corrected chi connectivity index (χ0v) is 14.1. The van der Waals surface area contributed by atoms with Crippen molar-refractivity contribution < 1.29 is 44.6 Å². The van der Waals surface area contributed by atoms with E-state index in [0.717, 1.165) is 0 Å². The maximum atomic E-state index is 9.72. The summed E-state index contributed by atoms with van der Waals surface area (Å²) in [5, 5.41) is 40.3. The van der Waals surface area contributed by atoms with Gasteiger partial charge in [-0.15, -0.1) is 0 Å². The number of aliphatic hydroxyl groups is 3. The fourth-order valence-corrected chi connectivity index (χ4v) is 1.03. The second-order valence-electron chi connectivity index (χ2n) is 4.75. The van der Waals surface area contributed by atoms with Crippen molar-refractivity contribution in [1.82, 2.24) is 0 Å². The lowest BCUT2D eigenvalue weighted by Gasteiger charge is -2.09. The number of carboxylic acid groups (broad SMARTS) is 2. The van der Waals surface area contributed by atoms with Crippen LogP contribution in [0.1, 0.15) is 34.1 Å². The highest BCUT2D eigenvalue weighted by molar-refractivity contribution is 5.79. The summed E-state index contributed by atoms with van der Waals surface area (Å²) in [6, 6.07) is 0. The van der Waals surface area contributed by atoms with E-state index in [-0.39, 0.29) is 13.2 Å². The third-order valence-electron chi connectivity index (χ3n) is 1.67. The highest BCUT2D eigenvalue weighted by Gasteiger charge is 2.16. The van der Waals surface area contributed by atoms with Gasteiger partial charge in [0.15, 0.2) is 6.10 Å². The minimum absolute atomic E-state index is 0.0278. The van der Waals surface area contributed by atoms with Crippen LogP contribution in [0, 0.1) is 0 Å². The predicted octanol–water partition coefficient (Wildman–Crippen LogP) is -0.286. The minimum Gasteiger partial charge on any atom is -0.481 e. The average molecular weight is 342 g/mol. The molecule has 0 aromatic carbocycles. The van der Waals surface area contributed by atoms with Crippen LogP contribution in [0.25, 0.3) is 0 Å². The first-order valence-electron chi connectivity index (χ1n) is 7.15. The van der Waals surface area contributed by atoms with Gasteiger partial charge in [-0.1, -0.05) is 0 Å². The Morgan fingerprint density at radius 3 is 1.43 bits per heavy atom. The van der Waals surface area contributed by atoms with Crippen LogP contribution in [0.15, 0.2) is 0 Å². The van der Waals surface area contributed by atoms with Crippen molar-refractivity contribution in [3.8, 4) is 0 Å². The van der Waals surface area contributed by atoms with Gasteiger partial charge in [0.1, 0.15) is 0 Å². The Morgan fingerprint density at radius 2 is 1.30 bits per heavy atom. The van der Waals surface area contributed by atoms with Crippen molar-refractivity contribution in [3.63, 3.8) is 0 Å². The van der Waals surface area contributed by atoms with E-state index in [1.807, 2.05) is 27.7 Å². The van der Waals surface area contributed by atoms with Crippen molar-refractivity contribution in [2.45, 2.75) is 52.4 Å². The monoisotopic (exact) mass is 342 g/mol. The zero-order chi connectivity index (χ0) is 18.8. The molecule has 1 unspecified atom stereocenters. The Labute approximate surface area is 136 Å². The van der Waals surface area contributed by atoms with Gasteiger partial charge in [-0.05, 0) is 27.7 Å². The van der Waals surface area contributed by atoms with Gasteiger partial charge in [-0.2, -0.15) is 0 Å². The Balaban J connectivity index is -0.000000264. The minimum atomic E-state index is -1.79. The topological polar surface area (TPSA) is 154 Å². The van der Waals surface area contributed by atoms with E-state index in [9.17, 15) is 9.59 Å². The number of aliphatic hydroxyl groups excluding tert-OH is 3. The Kier molecular flexibility index (Phi) is 21.8. The van der Waals surface area contributed by atoms with Crippen molar-refractivity contribution in [2.24, 2.45) is 0 Å². The lowest BCUT2D eigenvalue weighted by Crippen LogP contribution is -2.22. The second-order valence-corrected chi connectivity index (χ2v) is 4.75. The molecule has 0 heterocycles. The molecule has 9 heteroatoms. The molecule has 5 N–H and O–H groups in total. The van der Waals surface area contributed by atoms with E-state index in [0.29, 0.717) is 25.4 Å². The van der Waals surface area contributed by atoms with Gasteiger partial charge in [0, 0.05) is 0 Å². The lowest BCUT2D eigenvalue weighted by molar-refractivity contribution is -0.152. The standard InChI is InChI=1S/C6H14O.C4H6O5.C4H10O3/c1-5(2)7-6(3)4;5-2(4(8)9)1-3(6)7;5-1-3-7-4-2-6/h5-6H,1-4H3;2,5H,1H2,(H,6,7)(H,8,9);5-6H,1-4H2. The number of carbonyl (C=O) groups is 2. The third-order valence-corrected chi connectivity index (χ3v) is 1.67. The predicted molar refractivity (Wildman–Crippen MR) is 82.2 cm³/mol. The van der Waals surface area contributed by atoms with Crippen LogP contribution >= 0.6 is 0 Å². The Hall–Kier alpha value is -1.26. The molecule has 0 saturated carbocycles. The van der Waals surface area contributed by atoms with E-state index in [1.165, 1.54) is 0 Å². The van der Waals surface area contributed by atoms with Gasteiger partial charge in [0.2, 0.25) is 0 Å². The smallest absolute Gasteiger partial charge is 0.333 e. The largest absolute Gasteiger partial charge is 0.481 e. The first-order valence-corrected chi connectivity index (χ1v) is 7.15. The molecule has 1 atom stereocenters. The molecule has 23 heavy (non-hydrogen) atoms. The van der Waals surface area contributed by atoms with Crippen LogP contribution in [-0.2, 0) is 19.1 Å². The highest BCUT2D eigenvalue weighted by Crippen LogP contribution is 1.93. The third kappa shape index (κ3) is 33.5. The van der Waals surface area contributed by atoms with Gasteiger partial charge >= 0.3 is 11.9 Å². The van der Waals surface area contributed by atoms with Crippen molar-refractivity contribution in [2.75, 3.05) is 26.4 Å². The number of aliphatic carboxylic acids is 2. The summed E-state index contributed by atoms with van der Waals surface area (Å²) in [4.78, 5) is 19.4. The van der Waals surface area contributed by atoms with E-state index in [2.05, 4.69) is 4.74 Å². The van der Waals surface area contributed by atoms with Gasteiger partial charge in [-0.25, -0.2) is 4.79 Å². The van der Waals surface area contributed by atoms with E-state index in [4.69, 9.17) is 30.3 Å². The maximum Gasteiger partial charge on any atom is 0.333 e. The molecule has 0 aliphatic rings. The first kappa shape index (κ1) is 26.6. The van der Waals surface area contributed by atoms with Crippen LogP contribution < -0.4 is 0 Å².